The van der Waals surface area contributed by atoms with Crippen molar-refractivity contribution in [1.29, 1.82) is 0 Å². The number of anilines is 2. The Morgan fingerprint density at radius 1 is 0.972 bits per heavy atom. The Bertz CT molecular complexity index is 1540. The van der Waals surface area contributed by atoms with Crippen molar-refractivity contribution in [2.75, 3.05) is 16.5 Å². The summed E-state index contributed by atoms with van der Waals surface area (Å²) < 4.78 is 14.6. The zero-order valence-corrected chi connectivity index (χ0v) is 20.3. The fourth-order valence-corrected chi connectivity index (χ4v) is 5.69. The molecule has 5 aromatic rings. The van der Waals surface area contributed by atoms with Gasteiger partial charge >= 0.3 is 0 Å². The lowest BCUT2D eigenvalue weighted by atomic mass is 10.1. The lowest BCUT2D eigenvalue weighted by Crippen LogP contribution is -2.30. The average Bonchev–Trinajstić information content (AvgIpc) is 3.53. The van der Waals surface area contributed by atoms with Crippen LogP contribution >= 0.6 is 23.5 Å². The molecule has 178 valence electrons. The van der Waals surface area contributed by atoms with E-state index in [0.29, 0.717) is 22.4 Å². The third-order valence-corrected chi connectivity index (χ3v) is 7.69. The summed E-state index contributed by atoms with van der Waals surface area (Å²) in [6.45, 7) is 0. The number of nitrogens with zero attached hydrogens (tertiary/aromatic N) is 5. The van der Waals surface area contributed by atoms with Crippen LogP contribution in [0.2, 0.25) is 0 Å². The number of aromatic nitrogens is 5. The number of para-hydroxylation sites is 2. The molecule has 1 amide bonds. The lowest BCUT2D eigenvalue weighted by Gasteiger charge is -2.30. The first-order valence-electron chi connectivity index (χ1n) is 10.9. The molecule has 2 aromatic heterocycles. The van der Waals surface area contributed by atoms with E-state index in [0.717, 1.165) is 26.7 Å². The third-order valence-electron chi connectivity index (χ3n) is 5.63. The summed E-state index contributed by atoms with van der Waals surface area (Å²) in [6.07, 6.45) is 0. The van der Waals surface area contributed by atoms with Crippen molar-refractivity contribution in [3.63, 3.8) is 0 Å². The minimum atomic E-state index is -0.317. The Hall–Kier alpha value is -4.09. The number of carbonyl (C=O) groups is 1. The van der Waals surface area contributed by atoms with Gasteiger partial charge in [0, 0.05) is 15.4 Å². The summed E-state index contributed by atoms with van der Waals surface area (Å²) in [5, 5.41) is 15.9. The second-order valence-corrected chi connectivity index (χ2v) is 9.93. The fraction of sp³-hybridized carbons (Fsp3) is 0.0400. The summed E-state index contributed by atoms with van der Waals surface area (Å²) in [5.74, 6) is 6.35. The first-order valence-corrected chi connectivity index (χ1v) is 12.7. The van der Waals surface area contributed by atoms with E-state index in [1.807, 2.05) is 48.5 Å². The van der Waals surface area contributed by atoms with Crippen LogP contribution in [0.4, 0.5) is 15.8 Å². The number of thioether (sulfide) groups is 1. The number of amides is 1. The standard InChI is InChI=1S/C25H18FN7OS2/c26-16-11-9-15(10-12-16)17-13-18(29-28-17)24-30-31-25(33(24)27)35-14-23(34)32-19-5-1-3-7-21(19)36-22-8-4-2-6-20(22)32/h1-13H,14,27H2,(H,28,29). The monoisotopic (exact) mass is 515 g/mol. The number of hydrogen-bond donors (Lipinski definition) is 2. The molecule has 0 fully saturated rings. The van der Waals surface area contributed by atoms with Crippen molar-refractivity contribution < 1.29 is 9.18 Å². The number of hydrogen-bond acceptors (Lipinski definition) is 7. The average molecular weight is 516 g/mol. The van der Waals surface area contributed by atoms with Gasteiger partial charge in [-0.1, -0.05) is 47.8 Å². The Kier molecular flexibility index (Phi) is 5.70. The highest BCUT2D eigenvalue weighted by Crippen LogP contribution is 2.48. The Balaban J connectivity index is 1.22. The number of nitrogens with two attached hydrogens (primary N) is 1. The molecule has 3 heterocycles. The molecule has 0 radical (unpaired) electrons. The number of rotatable bonds is 5. The molecule has 8 nitrogen and oxygen atoms in total. The number of nitrogen functional groups attached to an aromatic ring is 1. The van der Waals surface area contributed by atoms with Gasteiger partial charge in [0.05, 0.1) is 22.8 Å². The second-order valence-electron chi connectivity index (χ2n) is 7.91. The van der Waals surface area contributed by atoms with Crippen LogP contribution in [0.15, 0.2) is 93.8 Å². The number of nitrogens with one attached hydrogen (secondary N) is 1. The van der Waals surface area contributed by atoms with Gasteiger partial charge < -0.3 is 5.84 Å². The number of halogens is 1. The highest BCUT2D eigenvalue weighted by atomic mass is 32.2. The number of carbonyl (C=O) groups excluding carboxylic acids is 1. The maximum Gasteiger partial charge on any atom is 0.242 e. The number of H-pyrrole nitrogens is 1. The molecule has 36 heavy (non-hydrogen) atoms. The van der Waals surface area contributed by atoms with Crippen LogP contribution in [-0.2, 0) is 4.79 Å². The zero-order valence-electron chi connectivity index (χ0n) is 18.6. The van der Waals surface area contributed by atoms with E-state index in [9.17, 15) is 9.18 Å². The van der Waals surface area contributed by atoms with Crippen LogP contribution < -0.4 is 10.7 Å². The molecule has 0 saturated carbocycles. The molecule has 0 saturated heterocycles. The number of benzene rings is 3. The summed E-state index contributed by atoms with van der Waals surface area (Å²) >= 11 is 2.86. The van der Waals surface area contributed by atoms with Crippen LogP contribution in [0.3, 0.4) is 0 Å². The van der Waals surface area contributed by atoms with Crippen molar-refractivity contribution in [2.45, 2.75) is 14.9 Å². The van der Waals surface area contributed by atoms with Gasteiger partial charge in [0.15, 0.2) is 0 Å². The SMILES string of the molecule is Nn1c(SCC(=O)N2c3ccccc3Sc3ccccc32)nnc1-c1cc(-c2ccc(F)cc2)n[nH]1. The van der Waals surface area contributed by atoms with Crippen molar-refractivity contribution >= 4 is 40.8 Å². The molecule has 0 aliphatic carbocycles. The van der Waals surface area contributed by atoms with E-state index in [4.69, 9.17) is 5.84 Å². The molecule has 0 atom stereocenters. The topological polar surface area (TPSA) is 106 Å². The number of aromatic amines is 1. The van der Waals surface area contributed by atoms with E-state index in [1.165, 1.54) is 28.6 Å². The number of fused-ring (bicyclic) bond motifs is 2. The van der Waals surface area contributed by atoms with E-state index in [2.05, 4.69) is 20.4 Å². The summed E-state index contributed by atoms with van der Waals surface area (Å²) in [4.78, 5) is 17.2. The van der Waals surface area contributed by atoms with Crippen LogP contribution in [0, 0.1) is 5.82 Å². The smallest absolute Gasteiger partial charge is 0.242 e. The first kappa shape index (κ1) is 22.4. The molecular weight excluding hydrogens is 497 g/mol. The van der Waals surface area contributed by atoms with Gasteiger partial charge in [-0.15, -0.1) is 10.2 Å². The minimum Gasteiger partial charge on any atom is -0.335 e. The highest BCUT2D eigenvalue weighted by Gasteiger charge is 2.28. The van der Waals surface area contributed by atoms with Crippen LogP contribution in [0.1, 0.15) is 0 Å². The maximum atomic E-state index is 13.4. The van der Waals surface area contributed by atoms with Gasteiger partial charge in [-0.25, -0.2) is 9.07 Å². The summed E-state index contributed by atoms with van der Waals surface area (Å²) in [7, 11) is 0. The van der Waals surface area contributed by atoms with Gasteiger partial charge in [0.1, 0.15) is 11.5 Å². The Labute approximate surface area is 213 Å². The van der Waals surface area contributed by atoms with Crippen LogP contribution in [-0.4, -0.2) is 36.7 Å². The van der Waals surface area contributed by atoms with Gasteiger partial charge in [0.2, 0.25) is 16.9 Å². The molecule has 0 bridgehead atoms. The largest absolute Gasteiger partial charge is 0.335 e. The van der Waals surface area contributed by atoms with Gasteiger partial charge in [-0.05, 0) is 54.6 Å². The molecule has 3 N–H and O–H groups in total. The van der Waals surface area contributed by atoms with E-state index in [-0.39, 0.29) is 17.5 Å². The Morgan fingerprint density at radius 2 is 1.64 bits per heavy atom. The molecule has 0 unspecified atom stereocenters. The molecule has 0 spiro atoms. The maximum absolute atomic E-state index is 13.4. The van der Waals surface area contributed by atoms with Gasteiger partial charge in [0.25, 0.3) is 0 Å². The quantitative estimate of drug-likeness (QED) is 0.248. The molecule has 6 rings (SSSR count). The van der Waals surface area contributed by atoms with E-state index < -0.39 is 0 Å². The zero-order chi connectivity index (χ0) is 24.6. The predicted octanol–water partition coefficient (Wildman–Crippen LogP) is 5.11. The van der Waals surface area contributed by atoms with Crippen molar-refractivity contribution in [2.24, 2.45) is 0 Å². The lowest BCUT2D eigenvalue weighted by molar-refractivity contribution is -0.115. The molecule has 3 aromatic carbocycles. The second kappa shape index (κ2) is 9.17. The van der Waals surface area contributed by atoms with Crippen LogP contribution in [0.25, 0.3) is 22.8 Å². The predicted molar refractivity (Wildman–Crippen MR) is 138 cm³/mol. The normalized spacial score (nSPS) is 12.3. The molecule has 11 heteroatoms. The van der Waals surface area contributed by atoms with Crippen LogP contribution in [0.5, 0.6) is 0 Å². The third kappa shape index (κ3) is 4.01. The minimum absolute atomic E-state index is 0.0927. The summed E-state index contributed by atoms with van der Waals surface area (Å²) in [5.41, 5.74) is 3.64. The van der Waals surface area contributed by atoms with Gasteiger partial charge in [-0.3, -0.25) is 14.8 Å². The molecule has 1 aliphatic rings. The molecule has 1 aliphatic heterocycles. The highest BCUT2D eigenvalue weighted by molar-refractivity contribution is 8.00. The fourth-order valence-electron chi connectivity index (χ4n) is 3.93. The van der Waals surface area contributed by atoms with Crippen molar-refractivity contribution in [3.05, 3.63) is 84.7 Å². The van der Waals surface area contributed by atoms with E-state index in [1.54, 1.807) is 34.9 Å². The van der Waals surface area contributed by atoms with Crippen molar-refractivity contribution in [1.82, 2.24) is 25.1 Å². The van der Waals surface area contributed by atoms with E-state index >= 15 is 0 Å². The molecular formula is C25H18FN7OS2. The Morgan fingerprint density at radius 3 is 2.33 bits per heavy atom. The van der Waals surface area contributed by atoms with Gasteiger partial charge in [-0.2, -0.15) is 5.10 Å². The summed E-state index contributed by atoms with van der Waals surface area (Å²) in [6, 6.07) is 23.5. The van der Waals surface area contributed by atoms with Crippen molar-refractivity contribution in [3.8, 4) is 22.8 Å². The first-order chi connectivity index (χ1) is 17.6.